The van der Waals surface area contributed by atoms with Crippen molar-refractivity contribution in [1.29, 1.82) is 0 Å². The number of likely N-dealkylation sites (tertiary alicyclic amines) is 1. The predicted octanol–water partition coefficient (Wildman–Crippen LogP) is 6.99. The molecule has 3 aromatic carbocycles. The van der Waals surface area contributed by atoms with Gasteiger partial charge < -0.3 is 20.4 Å². The van der Waals surface area contributed by atoms with Gasteiger partial charge in [-0.2, -0.15) is 0 Å². The Kier molecular flexibility index (Phi) is 8.63. The van der Waals surface area contributed by atoms with E-state index in [0.717, 1.165) is 55.7 Å². The van der Waals surface area contributed by atoms with Crippen LogP contribution < -0.4 is 10.6 Å². The Labute approximate surface area is 211 Å². The summed E-state index contributed by atoms with van der Waals surface area (Å²) in [5.41, 5.74) is 1.64. The molecule has 0 aromatic heterocycles. The highest BCUT2D eigenvalue weighted by Crippen LogP contribution is 2.20. The van der Waals surface area contributed by atoms with Gasteiger partial charge in [0.25, 0.3) is 0 Å². The molecule has 7 heteroatoms. The van der Waals surface area contributed by atoms with Crippen molar-refractivity contribution < 1.29 is 9.59 Å². The second-order valence-electron chi connectivity index (χ2n) is 8.68. The molecule has 2 aliphatic heterocycles. The van der Waals surface area contributed by atoms with Crippen LogP contribution in [-0.4, -0.2) is 48.0 Å². The molecule has 6 nitrogen and oxygen atoms in total. The van der Waals surface area contributed by atoms with Gasteiger partial charge in [-0.1, -0.05) is 54.1 Å². The SMILES string of the molecule is O=C(Nc1ccc(Cl)cc1)N1CC=CCC1.O=C(Nc1ccc2ccccc2c1)N1CCCCC1. The molecule has 0 saturated carbocycles. The third kappa shape index (κ3) is 7.23. The number of fused-ring (bicyclic) bond motifs is 1. The Morgan fingerprint density at radius 2 is 1.34 bits per heavy atom. The molecule has 0 atom stereocenters. The van der Waals surface area contributed by atoms with Crippen LogP contribution in [0, 0.1) is 0 Å². The number of amides is 4. The molecule has 0 bridgehead atoms. The topological polar surface area (TPSA) is 64.7 Å². The fourth-order valence-corrected chi connectivity index (χ4v) is 4.25. The van der Waals surface area contributed by atoms with Crippen LogP contribution >= 0.6 is 11.6 Å². The Hall–Kier alpha value is -3.51. The average molecular weight is 491 g/mol. The lowest BCUT2D eigenvalue weighted by Gasteiger charge is -2.26. The number of hydrogen-bond donors (Lipinski definition) is 2. The van der Waals surface area contributed by atoms with Gasteiger partial charge in [-0.05, 0) is 72.9 Å². The van der Waals surface area contributed by atoms with Crippen molar-refractivity contribution in [2.45, 2.75) is 25.7 Å². The zero-order chi connectivity index (χ0) is 24.5. The smallest absolute Gasteiger partial charge is 0.322 e. The minimum Gasteiger partial charge on any atom is -0.325 e. The summed E-state index contributed by atoms with van der Waals surface area (Å²) in [6.07, 6.45) is 8.49. The van der Waals surface area contributed by atoms with E-state index in [-0.39, 0.29) is 12.1 Å². The first-order valence-electron chi connectivity index (χ1n) is 12.1. The van der Waals surface area contributed by atoms with E-state index in [9.17, 15) is 9.59 Å². The number of halogens is 1. The molecule has 2 heterocycles. The lowest BCUT2D eigenvalue weighted by molar-refractivity contribution is 0.200. The van der Waals surface area contributed by atoms with Crippen LogP contribution in [0.2, 0.25) is 5.02 Å². The van der Waals surface area contributed by atoms with E-state index >= 15 is 0 Å². The third-order valence-electron chi connectivity index (χ3n) is 6.08. The van der Waals surface area contributed by atoms with Gasteiger partial charge in [-0.25, -0.2) is 9.59 Å². The van der Waals surface area contributed by atoms with Crippen molar-refractivity contribution >= 4 is 45.8 Å². The summed E-state index contributed by atoms with van der Waals surface area (Å²) in [4.78, 5) is 27.6. The Balaban J connectivity index is 0.000000168. The lowest BCUT2D eigenvalue weighted by Crippen LogP contribution is -2.38. The number of carbonyl (C=O) groups excluding carboxylic acids is 2. The highest BCUT2D eigenvalue weighted by atomic mass is 35.5. The van der Waals surface area contributed by atoms with Crippen LogP contribution in [0.4, 0.5) is 21.0 Å². The number of anilines is 2. The first-order valence-corrected chi connectivity index (χ1v) is 12.5. The van der Waals surface area contributed by atoms with Crippen LogP contribution in [0.15, 0.2) is 78.9 Å². The molecular weight excluding hydrogens is 460 g/mol. The number of hydrogen-bond acceptors (Lipinski definition) is 2. The molecule has 0 unspecified atom stereocenters. The van der Waals surface area contributed by atoms with Gasteiger partial charge in [-0.15, -0.1) is 0 Å². The summed E-state index contributed by atoms with van der Waals surface area (Å²) in [5.74, 6) is 0. The van der Waals surface area contributed by atoms with E-state index in [0.29, 0.717) is 11.6 Å². The van der Waals surface area contributed by atoms with Crippen LogP contribution in [0.5, 0.6) is 0 Å². The quantitative estimate of drug-likeness (QED) is 0.380. The van der Waals surface area contributed by atoms with Crippen molar-refractivity contribution in [2.75, 3.05) is 36.8 Å². The molecule has 182 valence electrons. The normalized spacial score (nSPS) is 15.2. The number of carbonyl (C=O) groups is 2. The van der Waals surface area contributed by atoms with Crippen LogP contribution in [-0.2, 0) is 0 Å². The highest BCUT2D eigenvalue weighted by Gasteiger charge is 2.16. The molecule has 5 rings (SSSR count). The zero-order valence-corrected chi connectivity index (χ0v) is 20.5. The first kappa shape index (κ1) is 24.6. The summed E-state index contributed by atoms with van der Waals surface area (Å²) in [6.45, 7) is 3.20. The summed E-state index contributed by atoms with van der Waals surface area (Å²) in [7, 11) is 0. The van der Waals surface area contributed by atoms with Crippen LogP contribution in [0.1, 0.15) is 25.7 Å². The molecule has 0 aliphatic carbocycles. The number of nitrogens with one attached hydrogen (secondary N) is 2. The maximum absolute atomic E-state index is 12.1. The Morgan fingerprint density at radius 1 is 0.686 bits per heavy atom. The maximum atomic E-state index is 12.1. The number of urea groups is 2. The second kappa shape index (κ2) is 12.3. The molecule has 2 N–H and O–H groups in total. The van der Waals surface area contributed by atoms with Gasteiger partial charge in [-0.3, -0.25) is 0 Å². The van der Waals surface area contributed by atoms with Gasteiger partial charge >= 0.3 is 12.1 Å². The predicted molar refractivity (Wildman–Crippen MR) is 144 cm³/mol. The summed E-state index contributed by atoms with van der Waals surface area (Å²) in [5, 5.41) is 8.83. The van der Waals surface area contributed by atoms with Crippen molar-refractivity contribution in [1.82, 2.24) is 9.80 Å². The minimum absolute atomic E-state index is 0.0231. The van der Waals surface area contributed by atoms with Gasteiger partial charge in [0.2, 0.25) is 0 Å². The number of rotatable bonds is 2. The molecule has 3 aromatic rings. The summed E-state index contributed by atoms with van der Waals surface area (Å²) in [6, 6.07) is 21.3. The summed E-state index contributed by atoms with van der Waals surface area (Å²) >= 11 is 5.76. The van der Waals surface area contributed by atoms with Gasteiger partial charge in [0, 0.05) is 42.6 Å². The molecule has 35 heavy (non-hydrogen) atoms. The first-order chi connectivity index (χ1) is 17.1. The van der Waals surface area contributed by atoms with Gasteiger partial charge in [0.15, 0.2) is 0 Å². The number of benzene rings is 3. The maximum Gasteiger partial charge on any atom is 0.322 e. The van der Waals surface area contributed by atoms with E-state index < -0.39 is 0 Å². The van der Waals surface area contributed by atoms with E-state index in [2.05, 4.69) is 28.8 Å². The molecular formula is C28H31ClN4O2. The third-order valence-corrected chi connectivity index (χ3v) is 6.34. The largest absolute Gasteiger partial charge is 0.325 e. The highest BCUT2D eigenvalue weighted by molar-refractivity contribution is 6.30. The summed E-state index contributed by atoms with van der Waals surface area (Å²) < 4.78 is 0. The van der Waals surface area contributed by atoms with Gasteiger partial charge in [0.05, 0.1) is 0 Å². The van der Waals surface area contributed by atoms with E-state index in [1.165, 1.54) is 11.8 Å². The van der Waals surface area contributed by atoms with Crippen molar-refractivity contribution in [3.8, 4) is 0 Å². The van der Waals surface area contributed by atoms with Crippen molar-refractivity contribution in [2.24, 2.45) is 0 Å². The molecule has 2 aliphatic rings. The fraction of sp³-hybridized carbons (Fsp3) is 0.286. The van der Waals surface area contributed by atoms with E-state index in [1.807, 2.05) is 41.3 Å². The standard InChI is InChI=1S/C16H18N2O.C12H13ClN2O/c19-16(18-10-4-1-5-11-18)17-15-9-8-13-6-2-3-7-14(13)12-15;13-10-4-6-11(7-5-10)14-12(16)15-8-2-1-3-9-15/h2-3,6-9,12H,1,4-5,10-11H2,(H,17,19);1-2,4-7H,3,8-9H2,(H,14,16). The monoisotopic (exact) mass is 490 g/mol. The molecule has 4 amide bonds. The zero-order valence-electron chi connectivity index (χ0n) is 19.8. The Bertz CT molecular complexity index is 1170. The van der Waals surface area contributed by atoms with E-state index in [1.54, 1.807) is 29.2 Å². The molecule has 1 fully saturated rings. The lowest BCUT2D eigenvalue weighted by atomic mass is 10.1. The fourth-order valence-electron chi connectivity index (χ4n) is 4.13. The molecule has 0 radical (unpaired) electrons. The van der Waals surface area contributed by atoms with Crippen molar-refractivity contribution in [3.05, 3.63) is 83.9 Å². The van der Waals surface area contributed by atoms with Crippen LogP contribution in [0.3, 0.4) is 0 Å². The number of piperidine rings is 1. The molecule has 0 spiro atoms. The second-order valence-corrected chi connectivity index (χ2v) is 9.12. The number of nitrogens with zero attached hydrogens (tertiary/aromatic N) is 2. The average Bonchev–Trinajstić information content (AvgIpc) is 2.91. The van der Waals surface area contributed by atoms with E-state index in [4.69, 9.17) is 11.6 Å². The Morgan fingerprint density at radius 3 is 2.06 bits per heavy atom. The minimum atomic E-state index is -0.0633. The van der Waals surface area contributed by atoms with Crippen molar-refractivity contribution in [3.63, 3.8) is 0 Å². The van der Waals surface area contributed by atoms with Gasteiger partial charge in [0.1, 0.15) is 0 Å². The van der Waals surface area contributed by atoms with Crippen LogP contribution in [0.25, 0.3) is 10.8 Å². The molecule has 1 saturated heterocycles.